The van der Waals surface area contributed by atoms with E-state index < -0.39 is 16.1 Å². The van der Waals surface area contributed by atoms with Crippen molar-refractivity contribution in [3.8, 4) is 0 Å². The van der Waals surface area contributed by atoms with Gasteiger partial charge in [-0.15, -0.1) is 0 Å². The summed E-state index contributed by atoms with van der Waals surface area (Å²) < 4.78 is 0. The molecule has 0 saturated carbocycles. The highest BCUT2D eigenvalue weighted by atomic mass is 28.3. The van der Waals surface area contributed by atoms with Crippen LogP contribution in [0.2, 0.25) is 39.3 Å². The van der Waals surface area contributed by atoms with Crippen LogP contribution in [0.5, 0.6) is 0 Å². The average molecular weight is 429 g/mol. The SMILES string of the molecule is CCc1ccccc1/C(=C(\c1ccccc1)[Si](C)(C)C)c1ccccc1[Si](C)(C)C. The van der Waals surface area contributed by atoms with Gasteiger partial charge in [-0.05, 0) is 39.4 Å². The summed E-state index contributed by atoms with van der Waals surface area (Å²) >= 11 is 0. The molecule has 0 spiro atoms. The van der Waals surface area contributed by atoms with Crippen molar-refractivity contribution in [1.82, 2.24) is 0 Å². The minimum atomic E-state index is -1.68. The van der Waals surface area contributed by atoms with Crippen molar-refractivity contribution in [3.05, 3.63) is 101 Å². The van der Waals surface area contributed by atoms with E-state index in [0.717, 1.165) is 6.42 Å². The van der Waals surface area contributed by atoms with E-state index in [0.29, 0.717) is 0 Å². The Labute approximate surface area is 185 Å². The van der Waals surface area contributed by atoms with Gasteiger partial charge >= 0.3 is 0 Å². The van der Waals surface area contributed by atoms with Crippen LogP contribution in [0.1, 0.15) is 29.2 Å². The molecule has 0 radical (unpaired) electrons. The highest BCUT2D eigenvalue weighted by Crippen LogP contribution is 2.39. The highest BCUT2D eigenvalue weighted by molar-refractivity contribution is 6.95. The van der Waals surface area contributed by atoms with Gasteiger partial charge in [0.15, 0.2) is 0 Å². The predicted molar refractivity (Wildman–Crippen MR) is 141 cm³/mol. The third kappa shape index (κ3) is 4.76. The minimum absolute atomic E-state index is 1.04. The molecule has 0 saturated heterocycles. The largest absolute Gasteiger partial charge is 0.0792 e. The Balaban J connectivity index is 2.53. The molecule has 0 N–H and O–H groups in total. The van der Waals surface area contributed by atoms with E-state index in [1.165, 1.54) is 27.8 Å². The van der Waals surface area contributed by atoms with E-state index in [1.54, 1.807) is 10.4 Å². The first-order valence-corrected chi connectivity index (χ1v) is 18.1. The van der Waals surface area contributed by atoms with Gasteiger partial charge in [-0.3, -0.25) is 0 Å². The summed E-state index contributed by atoms with van der Waals surface area (Å²) in [5, 5.41) is 3.12. The minimum Gasteiger partial charge on any atom is -0.0656 e. The normalized spacial score (nSPS) is 13.2. The molecule has 0 aliphatic rings. The standard InChI is InChI=1S/C28H36Si2/c1-8-22-16-12-13-19-24(22)27(25-20-14-15-21-26(25)29(2,3)4)28(30(5,6)7)23-17-10-9-11-18-23/h9-21H,8H2,1-7H3/b28-27-. The summed E-state index contributed by atoms with van der Waals surface area (Å²) in [6.07, 6.45) is 1.04. The monoisotopic (exact) mass is 428 g/mol. The molecule has 0 bridgehead atoms. The van der Waals surface area contributed by atoms with Crippen molar-refractivity contribution in [2.75, 3.05) is 0 Å². The summed E-state index contributed by atoms with van der Waals surface area (Å²) in [5.41, 5.74) is 7.13. The van der Waals surface area contributed by atoms with Gasteiger partial charge in [0.05, 0.1) is 16.1 Å². The summed E-state index contributed by atoms with van der Waals surface area (Å²) in [7, 11) is -3.20. The van der Waals surface area contributed by atoms with Crippen LogP contribution in [0.15, 0.2) is 78.9 Å². The number of hydrogen-bond acceptors (Lipinski definition) is 0. The van der Waals surface area contributed by atoms with E-state index in [1.807, 2.05) is 0 Å². The maximum atomic E-state index is 2.49. The molecular weight excluding hydrogens is 392 g/mol. The molecule has 0 atom stereocenters. The zero-order chi connectivity index (χ0) is 21.9. The Hall–Kier alpha value is -2.17. The van der Waals surface area contributed by atoms with Crippen molar-refractivity contribution in [2.24, 2.45) is 0 Å². The van der Waals surface area contributed by atoms with Crippen LogP contribution in [0.3, 0.4) is 0 Å². The van der Waals surface area contributed by atoms with Crippen molar-refractivity contribution >= 4 is 32.1 Å². The van der Waals surface area contributed by atoms with Gasteiger partial charge in [-0.1, -0.05) is 130 Å². The Morgan fingerprint density at radius 3 is 1.73 bits per heavy atom. The molecular formula is C28H36Si2. The Morgan fingerprint density at radius 2 is 1.17 bits per heavy atom. The molecule has 0 aromatic heterocycles. The van der Waals surface area contributed by atoms with Gasteiger partial charge in [0.1, 0.15) is 0 Å². The summed E-state index contributed by atoms with van der Waals surface area (Å²) in [5.74, 6) is 0. The Kier molecular flexibility index (Phi) is 6.69. The van der Waals surface area contributed by atoms with Crippen molar-refractivity contribution < 1.29 is 0 Å². The lowest BCUT2D eigenvalue weighted by atomic mass is 9.91. The van der Waals surface area contributed by atoms with Crippen molar-refractivity contribution in [3.63, 3.8) is 0 Å². The molecule has 156 valence electrons. The van der Waals surface area contributed by atoms with Gasteiger partial charge in [-0.2, -0.15) is 0 Å². The zero-order valence-electron chi connectivity index (χ0n) is 19.7. The van der Waals surface area contributed by atoms with E-state index in [-0.39, 0.29) is 0 Å². The van der Waals surface area contributed by atoms with Gasteiger partial charge in [0.25, 0.3) is 0 Å². The smallest absolute Gasteiger partial charge is 0.0656 e. The number of aryl methyl sites for hydroxylation is 1. The quantitative estimate of drug-likeness (QED) is 0.279. The number of hydrogen-bond donors (Lipinski definition) is 0. The van der Waals surface area contributed by atoms with Crippen LogP contribution in [-0.2, 0) is 6.42 Å². The van der Waals surface area contributed by atoms with Crippen LogP contribution in [0.4, 0.5) is 0 Å². The molecule has 3 rings (SSSR count). The average Bonchev–Trinajstić information content (AvgIpc) is 2.71. The topological polar surface area (TPSA) is 0 Å². The second-order valence-corrected chi connectivity index (χ2v) is 20.2. The highest BCUT2D eigenvalue weighted by Gasteiger charge is 2.30. The van der Waals surface area contributed by atoms with Crippen LogP contribution in [-0.4, -0.2) is 16.1 Å². The Morgan fingerprint density at radius 1 is 0.633 bits per heavy atom. The van der Waals surface area contributed by atoms with Crippen molar-refractivity contribution in [2.45, 2.75) is 52.6 Å². The number of rotatable bonds is 6. The van der Waals surface area contributed by atoms with Gasteiger partial charge in [-0.25, -0.2) is 0 Å². The first kappa shape index (κ1) is 22.5. The van der Waals surface area contributed by atoms with E-state index in [2.05, 4.69) is 125 Å². The fraction of sp³-hybridized carbons (Fsp3) is 0.286. The number of benzene rings is 3. The summed E-state index contributed by atoms with van der Waals surface area (Å²) in [4.78, 5) is 0. The first-order chi connectivity index (χ1) is 14.1. The van der Waals surface area contributed by atoms with E-state index in [4.69, 9.17) is 0 Å². The molecule has 0 aliphatic heterocycles. The molecule has 0 aliphatic carbocycles. The molecule has 3 aromatic rings. The molecule has 0 heterocycles. The summed E-state index contributed by atoms with van der Waals surface area (Å²) in [6.45, 7) is 17.1. The lowest BCUT2D eigenvalue weighted by Crippen LogP contribution is -2.40. The van der Waals surface area contributed by atoms with Crippen molar-refractivity contribution in [1.29, 1.82) is 0 Å². The fourth-order valence-corrected chi connectivity index (χ4v) is 8.06. The van der Waals surface area contributed by atoms with Crippen LogP contribution in [0, 0.1) is 0 Å². The van der Waals surface area contributed by atoms with Gasteiger partial charge < -0.3 is 0 Å². The molecule has 0 nitrogen and oxygen atoms in total. The second-order valence-electron chi connectivity index (χ2n) is 10.2. The lowest BCUT2D eigenvalue weighted by Gasteiger charge is -2.30. The second kappa shape index (κ2) is 8.91. The zero-order valence-corrected chi connectivity index (χ0v) is 21.7. The summed E-state index contributed by atoms with van der Waals surface area (Å²) in [6, 6.07) is 29.3. The first-order valence-electron chi connectivity index (χ1n) is 11.1. The Bertz CT molecular complexity index is 1030. The predicted octanol–water partition coefficient (Wildman–Crippen LogP) is 7.63. The maximum absolute atomic E-state index is 2.49. The molecule has 30 heavy (non-hydrogen) atoms. The third-order valence-corrected chi connectivity index (χ3v) is 9.83. The van der Waals surface area contributed by atoms with Gasteiger partial charge in [0, 0.05) is 0 Å². The molecule has 0 amide bonds. The van der Waals surface area contributed by atoms with Crippen LogP contribution < -0.4 is 5.19 Å². The fourth-order valence-electron chi connectivity index (χ4n) is 4.40. The van der Waals surface area contributed by atoms with E-state index in [9.17, 15) is 0 Å². The van der Waals surface area contributed by atoms with Crippen LogP contribution >= 0.6 is 0 Å². The molecule has 3 aromatic carbocycles. The molecule has 2 heteroatoms. The maximum Gasteiger partial charge on any atom is 0.0792 e. The van der Waals surface area contributed by atoms with Gasteiger partial charge in [0.2, 0.25) is 0 Å². The van der Waals surface area contributed by atoms with Crippen LogP contribution in [0.25, 0.3) is 10.8 Å². The molecule has 0 fully saturated rings. The third-order valence-electron chi connectivity index (χ3n) is 5.73. The lowest BCUT2D eigenvalue weighted by molar-refractivity contribution is 1.13. The molecule has 0 unspecified atom stereocenters. The van der Waals surface area contributed by atoms with E-state index >= 15 is 0 Å².